The van der Waals surface area contributed by atoms with Gasteiger partial charge in [0.1, 0.15) is 5.82 Å². The number of piperidine rings is 1. The molecule has 2 heterocycles. The average molecular weight is 426 g/mol. The Hall–Kier alpha value is -2.00. The first kappa shape index (κ1) is 20.3. The zero-order chi connectivity index (χ0) is 19.3. The number of primary amides is 1. The van der Waals surface area contributed by atoms with Crippen molar-refractivity contribution in [1.82, 2.24) is 14.8 Å². The molecule has 0 radical (unpaired) electrons. The van der Waals surface area contributed by atoms with Crippen LogP contribution in [0.25, 0.3) is 0 Å². The molecule has 9 heteroatoms. The molecular weight excluding hydrogens is 402 g/mol. The van der Waals surface area contributed by atoms with Crippen LogP contribution in [0.4, 0.5) is 5.82 Å². The minimum absolute atomic E-state index is 0.0533. The van der Waals surface area contributed by atoms with Crippen LogP contribution >= 0.6 is 15.9 Å². The molecule has 2 rings (SSSR count). The van der Waals surface area contributed by atoms with Gasteiger partial charge in [0, 0.05) is 23.8 Å². The number of likely N-dealkylation sites (tertiary alicyclic amines) is 1. The third kappa shape index (κ3) is 5.50. The number of nitrogens with two attached hydrogens (primary N) is 1. The van der Waals surface area contributed by atoms with Crippen LogP contribution in [0.5, 0.6) is 0 Å². The summed E-state index contributed by atoms with van der Waals surface area (Å²) < 4.78 is 0.822. The fraction of sp³-hybridized carbons (Fsp3) is 0.529. The van der Waals surface area contributed by atoms with Gasteiger partial charge in [-0.25, -0.2) is 4.98 Å². The van der Waals surface area contributed by atoms with E-state index in [-0.39, 0.29) is 30.2 Å². The van der Waals surface area contributed by atoms with Crippen LogP contribution in [0, 0.1) is 5.92 Å². The van der Waals surface area contributed by atoms with Gasteiger partial charge in [0.05, 0.1) is 18.5 Å². The molecule has 142 valence electrons. The minimum atomic E-state index is -0.481. The molecule has 1 aromatic rings. The van der Waals surface area contributed by atoms with Gasteiger partial charge >= 0.3 is 0 Å². The number of rotatable bonds is 6. The molecule has 3 N–H and O–H groups in total. The number of hydrogen-bond acceptors (Lipinski definition) is 5. The van der Waals surface area contributed by atoms with Gasteiger partial charge in [-0.2, -0.15) is 0 Å². The number of nitrogens with one attached hydrogen (secondary N) is 1. The third-order valence-electron chi connectivity index (χ3n) is 4.54. The maximum absolute atomic E-state index is 12.7. The normalized spacial score (nSPS) is 18.5. The monoisotopic (exact) mass is 425 g/mol. The molecular formula is C17H24BrN5O3. The van der Waals surface area contributed by atoms with Crippen molar-refractivity contribution in [3.63, 3.8) is 0 Å². The number of hydrogen-bond donors (Lipinski definition) is 2. The van der Waals surface area contributed by atoms with E-state index in [0.717, 1.165) is 10.9 Å². The second-order valence-corrected chi connectivity index (χ2v) is 7.44. The van der Waals surface area contributed by atoms with Crippen LogP contribution in [-0.2, 0) is 14.4 Å². The number of carbonyl (C=O) groups excluding carboxylic acids is 3. The third-order valence-corrected chi connectivity index (χ3v) is 5.01. The van der Waals surface area contributed by atoms with E-state index < -0.39 is 6.04 Å². The van der Waals surface area contributed by atoms with E-state index in [0.29, 0.717) is 25.3 Å². The lowest BCUT2D eigenvalue weighted by Crippen LogP contribution is -2.51. The first-order valence-electron chi connectivity index (χ1n) is 8.47. The van der Waals surface area contributed by atoms with Gasteiger partial charge in [0.25, 0.3) is 0 Å². The Morgan fingerprint density at radius 1 is 1.46 bits per heavy atom. The highest BCUT2D eigenvalue weighted by molar-refractivity contribution is 9.10. The SMILES string of the molecule is CC(C(=O)N1CCCC(C(N)=O)C1)N(C)CC(=O)Nc1ccc(Br)cn1. The van der Waals surface area contributed by atoms with E-state index in [1.54, 1.807) is 42.1 Å². The number of anilines is 1. The second-order valence-electron chi connectivity index (χ2n) is 6.53. The van der Waals surface area contributed by atoms with Gasteiger partial charge in [-0.1, -0.05) is 0 Å². The second kappa shape index (κ2) is 9.09. The molecule has 8 nitrogen and oxygen atoms in total. The Morgan fingerprint density at radius 3 is 2.81 bits per heavy atom. The predicted octanol–water partition coefficient (Wildman–Crippen LogP) is 0.827. The van der Waals surface area contributed by atoms with Crippen molar-refractivity contribution < 1.29 is 14.4 Å². The van der Waals surface area contributed by atoms with Crippen LogP contribution in [0.2, 0.25) is 0 Å². The Labute approximate surface area is 161 Å². The quantitative estimate of drug-likeness (QED) is 0.701. The van der Waals surface area contributed by atoms with Gasteiger partial charge in [-0.05, 0) is 54.9 Å². The molecule has 0 spiro atoms. The van der Waals surface area contributed by atoms with Crippen LogP contribution in [0.1, 0.15) is 19.8 Å². The van der Waals surface area contributed by atoms with Gasteiger partial charge in [0.15, 0.2) is 0 Å². The lowest BCUT2D eigenvalue weighted by molar-refractivity contribution is -0.139. The van der Waals surface area contributed by atoms with Crippen LogP contribution in [0.3, 0.4) is 0 Å². The maximum atomic E-state index is 12.7. The molecule has 3 amide bonds. The van der Waals surface area contributed by atoms with E-state index in [9.17, 15) is 14.4 Å². The summed E-state index contributed by atoms with van der Waals surface area (Å²) in [6.45, 7) is 2.76. The highest BCUT2D eigenvalue weighted by Crippen LogP contribution is 2.18. The average Bonchev–Trinajstić information content (AvgIpc) is 2.62. The summed E-state index contributed by atoms with van der Waals surface area (Å²) in [6, 6.07) is 2.99. The van der Waals surface area contributed by atoms with Gasteiger partial charge < -0.3 is 16.0 Å². The van der Waals surface area contributed by atoms with Crippen molar-refractivity contribution in [2.24, 2.45) is 11.7 Å². The summed E-state index contributed by atoms with van der Waals surface area (Å²) in [5, 5.41) is 2.70. The highest BCUT2D eigenvalue weighted by Gasteiger charge is 2.31. The fourth-order valence-electron chi connectivity index (χ4n) is 2.86. The summed E-state index contributed by atoms with van der Waals surface area (Å²) in [7, 11) is 1.71. The summed E-state index contributed by atoms with van der Waals surface area (Å²) in [5.74, 6) is -0.573. The number of nitrogens with zero attached hydrogens (tertiary/aromatic N) is 3. The van der Waals surface area contributed by atoms with Gasteiger partial charge in [0.2, 0.25) is 17.7 Å². The Balaban J connectivity index is 1.88. The fourth-order valence-corrected chi connectivity index (χ4v) is 3.09. The number of amides is 3. The molecule has 0 aromatic carbocycles. The molecule has 1 aliphatic heterocycles. The number of likely N-dealkylation sites (N-methyl/N-ethyl adjacent to an activating group) is 1. The summed E-state index contributed by atoms with van der Waals surface area (Å²) in [6.07, 6.45) is 3.06. The zero-order valence-electron chi connectivity index (χ0n) is 14.9. The van der Waals surface area contributed by atoms with Crippen molar-refractivity contribution in [2.45, 2.75) is 25.8 Å². The maximum Gasteiger partial charge on any atom is 0.239 e. The van der Waals surface area contributed by atoms with E-state index in [4.69, 9.17) is 5.73 Å². The molecule has 1 aliphatic rings. The van der Waals surface area contributed by atoms with Crippen molar-refractivity contribution in [2.75, 3.05) is 32.0 Å². The topological polar surface area (TPSA) is 109 Å². The van der Waals surface area contributed by atoms with Crippen molar-refractivity contribution in [3.05, 3.63) is 22.8 Å². The van der Waals surface area contributed by atoms with E-state index in [1.165, 1.54) is 0 Å². The molecule has 26 heavy (non-hydrogen) atoms. The summed E-state index contributed by atoms with van der Waals surface area (Å²) in [5.41, 5.74) is 5.36. The van der Waals surface area contributed by atoms with Crippen molar-refractivity contribution in [1.29, 1.82) is 0 Å². The molecule has 1 aromatic heterocycles. The smallest absolute Gasteiger partial charge is 0.239 e. The standard InChI is InChI=1S/C17H24BrN5O3/c1-11(17(26)23-7-3-4-12(9-23)16(19)25)22(2)10-15(24)21-14-6-5-13(18)8-20-14/h5-6,8,11-12H,3-4,7,9-10H2,1-2H3,(H2,19,25)(H,20,21,24). The molecule has 1 saturated heterocycles. The van der Waals surface area contributed by atoms with Crippen LogP contribution < -0.4 is 11.1 Å². The van der Waals surface area contributed by atoms with Crippen molar-refractivity contribution >= 4 is 39.5 Å². The van der Waals surface area contributed by atoms with Crippen LogP contribution in [-0.4, -0.2) is 65.2 Å². The van der Waals surface area contributed by atoms with E-state index in [1.807, 2.05) is 0 Å². The Kier molecular flexibility index (Phi) is 7.10. The lowest BCUT2D eigenvalue weighted by Gasteiger charge is -2.35. The largest absolute Gasteiger partial charge is 0.369 e. The predicted molar refractivity (Wildman–Crippen MR) is 101 cm³/mol. The molecule has 1 fully saturated rings. The minimum Gasteiger partial charge on any atom is -0.369 e. The number of aromatic nitrogens is 1. The van der Waals surface area contributed by atoms with E-state index >= 15 is 0 Å². The molecule has 0 bridgehead atoms. The molecule has 2 unspecified atom stereocenters. The first-order chi connectivity index (χ1) is 12.3. The zero-order valence-corrected chi connectivity index (χ0v) is 16.5. The van der Waals surface area contributed by atoms with Gasteiger partial charge in [-0.3, -0.25) is 19.3 Å². The number of halogens is 1. The molecule has 0 saturated carbocycles. The van der Waals surface area contributed by atoms with Crippen LogP contribution in [0.15, 0.2) is 22.8 Å². The lowest BCUT2D eigenvalue weighted by atomic mass is 9.97. The number of pyridine rings is 1. The molecule has 2 atom stereocenters. The summed E-state index contributed by atoms with van der Waals surface area (Å²) in [4.78, 5) is 43.6. The summed E-state index contributed by atoms with van der Waals surface area (Å²) >= 11 is 3.28. The van der Waals surface area contributed by atoms with E-state index in [2.05, 4.69) is 26.2 Å². The van der Waals surface area contributed by atoms with Gasteiger partial charge in [-0.15, -0.1) is 0 Å². The highest BCUT2D eigenvalue weighted by atomic mass is 79.9. The Morgan fingerprint density at radius 2 is 2.19 bits per heavy atom. The van der Waals surface area contributed by atoms with Crippen molar-refractivity contribution in [3.8, 4) is 0 Å². The molecule has 0 aliphatic carbocycles. The number of carbonyl (C=O) groups is 3. The Bertz CT molecular complexity index is 667. The first-order valence-corrected chi connectivity index (χ1v) is 9.27.